The third-order valence-electron chi connectivity index (χ3n) is 7.35. The molecule has 10 nitrogen and oxygen atoms in total. The Morgan fingerprint density at radius 1 is 0.721 bits per heavy atom. The van der Waals surface area contributed by atoms with Crippen LogP contribution in [0.25, 0.3) is 22.4 Å². The summed E-state index contributed by atoms with van der Waals surface area (Å²) >= 11 is 11.9. The summed E-state index contributed by atoms with van der Waals surface area (Å²) < 4.78 is 107. The quantitative estimate of drug-likeness (QED) is 0.0466. The topological polar surface area (TPSA) is 130 Å². The number of carbonyl (C=O) groups excluding carboxylic acids is 1. The van der Waals surface area contributed by atoms with Gasteiger partial charge in [0.1, 0.15) is 19.1 Å². The van der Waals surface area contributed by atoms with Gasteiger partial charge in [-0.2, -0.15) is 0 Å². The van der Waals surface area contributed by atoms with Gasteiger partial charge in [-0.15, -0.1) is 0 Å². The number of hydrogen-bond acceptors (Lipinski definition) is 9. The van der Waals surface area contributed by atoms with Gasteiger partial charge < -0.3 is 4.90 Å². The van der Waals surface area contributed by atoms with Crippen LogP contribution in [0.15, 0.2) is 118 Å². The molecule has 5 rings (SSSR count). The fourth-order valence-electron chi connectivity index (χ4n) is 4.68. The van der Waals surface area contributed by atoms with E-state index in [1.165, 1.54) is 18.4 Å². The summed E-state index contributed by atoms with van der Waals surface area (Å²) in [7, 11) is -9.34. The molecule has 3 heterocycles. The van der Waals surface area contributed by atoms with Gasteiger partial charge in [-0.3, -0.25) is 19.7 Å². The Labute approximate surface area is 361 Å². The van der Waals surface area contributed by atoms with E-state index < -0.39 is 27.5 Å². The van der Waals surface area contributed by atoms with E-state index in [4.69, 9.17) is 23.2 Å². The van der Waals surface area contributed by atoms with E-state index in [-0.39, 0.29) is 22.0 Å². The summed E-state index contributed by atoms with van der Waals surface area (Å²) in [6, 6.07) is 22.3. The Morgan fingerprint density at radius 2 is 1.18 bits per heavy atom. The first kappa shape index (κ1) is 52.4. The first-order valence-electron chi connectivity index (χ1n) is 17.4. The number of aromatic nitrogens is 3. The van der Waals surface area contributed by atoms with Crippen molar-refractivity contribution in [2.24, 2.45) is 0 Å². The molecule has 0 aliphatic carbocycles. The molecule has 0 spiro atoms. The third-order valence-corrected chi connectivity index (χ3v) is 10.0. The molecular weight excluding hydrogens is 910 g/mol. The van der Waals surface area contributed by atoms with Crippen molar-refractivity contribution in [3.63, 3.8) is 0 Å². The number of carbonyl (C=O) groups is 1. The molecule has 0 amide bonds. The van der Waals surface area contributed by atoms with Crippen molar-refractivity contribution in [2.75, 3.05) is 40.7 Å². The van der Waals surface area contributed by atoms with E-state index in [1.807, 2.05) is 82.1 Å². The van der Waals surface area contributed by atoms with E-state index in [9.17, 15) is 46.8 Å². The van der Waals surface area contributed by atoms with Crippen LogP contribution in [-0.4, -0.2) is 94.0 Å². The zero-order chi connectivity index (χ0) is 46.6. The van der Waals surface area contributed by atoms with Crippen LogP contribution in [0.1, 0.15) is 27.3 Å². The van der Waals surface area contributed by atoms with Crippen LogP contribution < -0.4 is 0 Å². The van der Waals surface area contributed by atoms with Gasteiger partial charge in [0.05, 0.1) is 20.5 Å². The molecule has 332 valence electrons. The number of aryl methyl sites for hydroxylation is 2. The van der Waals surface area contributed by atoms with Crippen molar-refractivity contribution in [1.29, 1.82) is 0 Å². The average molecular weight is 955 g/mol. The number of sulfone groups is 2. The van der Waals surface area contributed by atoms with Crippen molar-refractivity contribution in [2.45, 2.75) is 30.1 Å². The number of hydrogen-bond donors (Lipinski definition) is 0. The summed E-state index contributed by atoms with van der Waals surface area (Å²) in [5.41, 5.74) is 6.41. The summed E-state index contributed by atoms with van der Waals surface area (Å²) in [4.78, 5) is 27.3. The van der Waals surface area contributed by atoms with Crippen molar-refractivity contribution >= 4 is 62.7 Å². The second-order valence-electron chi connectivity index (χ2n) is 13.8. The van der Waals surface area contributed by atoms with Crippen LogP contribution in [-0.2, 0) is 26.1 Å². The van der Waals surface area contributed by atoms with Crippen LogP contribution in [0.3, 0.4) is 0 Å². The molecule has 61 heavy (non-hydrogen) atoms. The maximum absolute atomic E-state index is 12.0. The predicted octanol–water partition coefficient (Wildman–Crippen LogP) is 10.7. The number of benzene rings is 2. The molecule has 0 aliphatic heterocycles. The Morgan fingerprint density at radius 3 is 1.59 bits per heavy atom. The van der Waals surface area contributed by atoms with Gasteiger partial charge in [0, 0.05) is 85.9 Å². The molecule has 0 saturated heterocycles. The molecule has 0 aliphatic rings. The van der Waals surface area contributed by atoms with Crippen LogP contribution in [0.4, 0.5) is 25.2 Å². The van der Waals surface area contributed by atoms with Gasteiger partial charge in [0.2, 0.25) is 0 Å². The monoisotopic (exact) mass is 953 g/mol. The predicted molar refractivity (Wildman–Crippen MR) is 232 cm³/mol. The summed E-state index contributed by atoms with van der Waals surface area (Å²) in [5.74, 6) is -0.0374. The van der Waals surface area contributed by atoms with Gasteiger partial charge in [0.15, 0.2) is 31.7 Å². The normalized spacial score (nSPS) is 12.7. The van der Waals surface area contributed by atoms with Crippen molar-refractivity contribution in [1.82, 2.24) is 19.9 Å². The number of Topliss-reactive ketones (excluding diaryl/α,β-unsaturated/α-hetero) is 1. The Balaban J connectivity index is 0.000000311. The Kier molecular flexibility index (Phi) is 17.5. The molecule has 0 radical (unpaired) electrons. The molecule has 0 N–H and O–H groups in total. The molecule has 5 aromatic rings. The van der Waals surface area contributed by atoms with Gasteiger partial charge >= 0.3 is 33.0 Å². The molecule has 0 bridgehead atoms. The van der Waals surface area contributed by atoms with E-state index in [2.05, 4.69) is 15.0 Å². The van der Waals surface area contributed by atoms with Crippen LogP contribution >= 0.6 is 31.0 Å². The number of nitrogens with zero attached hydrogens (tertiary/aromatic N) is 5. The van der Waals surface area contributed by atoms with Crippen molar-refractivity contribution in [3.05, 3.63) is 136 Å². The first-order chi connectivity index (χ1) is 27.7. The number of allylic oxidation sites excluding steroid dienone is 1. The van der Waals surface area contributed by atoms with Crippen molar-refractivity contribution < 1.29 is 51.4 Å². The van der Waals surface area contributed by atoms with Crippen molar-refractivity contribution in [3.8, 4) is 22.4 Å². The maximum atomic E-state index is 12.0. The standard InChI is InChI=1S/C18H15ClN2O2S.C15H15NO3S.C7H14ClN2.F6P/c1-12-3-4-14(10-20-12)18-17(9-15(19)11-21-18)13-5-7-16(8-6-13)24(2,22)23;1-11-3-6-13(10-16-11)15(17)9-12-4-7-14(8-5-12)20(2,18)19;1-9(2)5-7(8)6-10(3)4;1-7(2,3,4,5)6/h3-11H,1-2H3;3-8,10H,9H2,1-2H3;5-6H,1-4H3;/q;;+1;-1. The fraction of sp³-hybridized carbons (Fsp3) is 0.225. The zero-order valence-electron chi connectivity index (χ0n) is 34.2. The molecular formula is C40H44Cl2F6N5O5PS2. The Hall–Kier alpha value is -4.74. The van der Waals surface area contributed by atoms with Gasteiger partial charge in [0.25, 0.3) is 0 Å². The van der Waals surface area contributed by atoms with Gasteiger partial charge in [-0.25, -0.2) is 21.4 Å². The average Bonchev–Trinajstić information content (AvgIpc) is 3.10. The fourth-order valence-corrected chi connectivity index (χ4v) is 6.49. The molecule has 0 saturated carbocycles. The number of rotatable bonds is 9. The summed E-state index contributed by atoms with van der Waals surface area (Å²) in [5, 5.41) is 1.25. The van der Waals surface area contributed by atoms with Crippen LogP contribution in [0, 0.1) is 13.8 Å². The second-order valence-corrected chi connectivity index (χ2v) is 20.6. The SMILES string of the molecule is CN(C)/C=C(/Cl)C=[N+](C)C.Cc1ccc(-c2ncc(Cl)cc2-c2ccc(S(C)(=O)=O)cc2)cn1.Cc1ccc(C(=O)Cc2ccc(S(C)(=O)=O)cc2)cn1.F[P-](F)(F)(F)(F)F. The van der Waals surface area contributed by atoms with E-state index in [0.29, 0.717) is 10.6 Å². The van der Waals surface area contributed by atoms with E-state index in [0.717, 1.165) is 50.6 Å². The molecule has 3 aromatic heterocycles. The van der Waals surface area contributed by atoms with E-state index >= 15 is 0 Å². The minimum absolute atomic E-state index is 0.0374. The third kappa shape index (κ3) is 22.1. The molecule has 0 unspecified atom stereocenters. The number of ketones is 1. The molecule has 0 fully saturated rings. The van der Waals surface area contributed by atoms with Crippen LogP contribution in [0.2, 0.25) is 5.02 Å². The molecule has 0 atom stereocenters. The zero-order valence-corrected chi connectivity index (χ0v) is 38.2. The van der Waals surface area contributed by atoms with Gasteiger partial charge in [-0.05, 0) is 79.6 Å². The van der Waals surface area contributed by atoms with Crippen LogP contribution in [0.5, 0.6) is 0 Å². The summed E-state index contributed by atoms with van der Waals surface area (Å²) in [6.45, 7) is 3.78. The second kappa shape index (κ2) is 20.4. The summed E-state index contributed by atoms with van der Waals surface area (Å²) in [6.07, 6.45) is 11.2. The van der Waals surface area contributed by atoms with Gasteiger partial charge in [-0.1, -0.05) is 47.5 Å². The minimum atomic E-state index is -10.7. The first-order valence-corrected chi connectivity index (χ1v) is 24.0. The number of halogens is 8. The molecule has 21 heteroatoms. The molecule has 2 aromatic carbocycles. The Bertz CT molecular complexity index is 2570. The van der Waals surface area contributed by atoms with E-state index in [1.54, 1.807) is 67.1 Å². The number of pyridine rings is 3.